The molecule has 2 saturated heterocycles. The van der Waals surface area contributed by atoms with Crippen LogP contribution in [0.5, 0.6) is 0 Å². The monoisotopic (exact) mass is 292 g/mol. The molecule has 3 N–H and O–H groups in total. The van der Waals surface area contributed by atoms with Gasteiger partial charge in [0.1, 0.15) is 17.6 Å². The molecule has 0 saturated carbocycles. The van der Waals surface area contributed by atoms with Crippen molar-refractivity contribution in [2.45, 2.75) is 43.9 Å². The minimum Gasteiger partial charge on any atom is -0.393 e. The average Bonchev–Trinajstić information content (AvgIpc) is 2.69. The molecule has 2 atom stereocenters. The molecule has 2 bridgehead atoms. The maximum absolute atomic E-state index is 12.7. The van der Waals surface area contributed by atoms with E-state index in [-0.39, 0.29) is 29.2 Å². The predicted molar refractivity (Wildman–Crippen MR) is 73.5 cm³/mol. The maximum Gasteiger partial charge on any atom is 0.300 e. The summed E-state index contributed by atoms with van der Waals surface area (Å²) < 4.78 is 0. The molecule has 112 valence electrons. The van der Waals surface area contributed by atoms with Crippen molar-refractivity contribution in [3.63, 3.8) is 0 Å². The minimum atomic E-state index is -0.625. The molecule has 2 fully saturated rings. The number of hydrogen-bond acceptors (Lipinski definition) is 6. The number of anilines is 1. The summed E-state index contributed by atoms with van der Waals surface area (Å²) in [4.78, 5) is 28.5. The van der Waals surface area contributed by atoms with E-state index in [9.17, 15) is 20.0 Å². The number of fused-ring (bicyclic) bond motifs is 2. The van der Waals surface area contributed by atoms with Gasteiger partial charge in [-0.25, -0.2) is 4.98 Å². The Labute approximate surface area is 120 Å². The number of nitro groups is 1. The fraction of sp³-hybridized carbons (Fsp3) is 0.538. The third-order valence-electron chi connectivity index (χ3n) is 4.27. The molecule has 1 aromatic heterocycles. The predicted octanol–water partition coefficient (Wildman–Crippen LogP) is 0.700. The Balaban J connectivity index is 1.96. The first-order valence-corrected chi connectivity index (χ1v) is 6.88. The average molecular weight is 292 g/mol. The van der Waals surface area contributed by atoms with Gasteiger partial charge in [-0.3, -0.25) is 14.9 Å². The largest absolute Gasteiger partial charge is 0.393 e. The fourth-order valence-corrected chi connectivity index (χ4v) is 3.40. The Hall–Kier alpha value is -2.22. The molecule has 21 heavy (non-hydrogen) atoms. The fourth-order valence-electron chi connectivity index (χ4n) is 3.40. The van der Waals surface area contributed by atoms with Crippen molar-refractivity contribution < 1.29 is 14.8 Å². The molecule has 2 aliphatic rings. The smallest absolute Gasteiger partial charge is 0.300 e. The van der Waals surface area contributed by atoms with Crippen LogP contribution in [0.1, 0.15) is 36.0 Å². The second-order valence-electron chi connectivity index (χ2n) is 5.61. The molecule has 1 amide bonds. The molecule has 8 nitrogen and oxygen atoms in total. The summed E-state index contributed by atoms with van der Waals surface area (Å²) in [5.41, 5.74) is 5.20. The summed E-state index contributed by atoms with van der Waals surface area (Å²) in [6, 6.07) is 1.14. The number of piperidine rings is 1. The summed E-state index contributed by atoms with van der Waals surface area (Å²) in [5.74, 6) is -0.316. The van der Waals surface area contributed by atoms with E-state index in [1.807, 2.05) is 0 Å². The first kappa shape index (κ1) is 13.7. The van der Waals surface area contributed by atoms with Gasteiger partial charge in [-0.15, -0.1) is 0 Å². The van der Waals surface area contributed by atoms with Gasteiger partial charge >= 0.3 is 0 Å². The molecule has 2 aliphatic heterocycles. The van der Waals surface area contributed by atoms with Gasteiger partial charge in [-0.05, 0) is 31.7 Å². The van der Waals surface area contributed by atoms with Crippen LogP contribution < -0.4 is 5.73 Å². The first-order chi connectivity index (χ1) is 9.97. The second kappa shape index (κ2) is 4.96. The number of aliphatic hydroxyl groups excluding tert-OH is 1. The van der Waals surface area contributed by atoms with Crippen LogP contribution in [0.3, 0.4) is 0 Å². The number of carbonyl (C=O) groups excluding carboxylic acids is 1. The van der Waals surface area contributed by atoms with Crippen molar-refractivity contribution >= 4 is 17.4 Å². The van der Waals surface area contributed by atoms with Crippen LogP contribution in [0.4, 0.5) is 11.5 Å². The lowest BCUT2D eigenvalue weighted by molar-refractivity contribution is -0.385. The molecule has 8 heteroatoms. The van der Waals surface area contributed by atoms with Crippen LogP contribution >= 0.6 is 0 Å². The quantitative estimate of drug-likeness (QED) is 0.611. The molecule has 0 spiro atoms. The Bertz CT molecular complexity index is 592. The lowest BCUT2D eigenvalue weighted by Gasteiger charge is -2.37. The molecule has 3 heterocycles. The zero-order valence-corrected chi connectivity index (χ0v) is 11.3. The number of carbonyl (C=O) groups is 1. The zero-order chi connectivity index (χ0) is 15.1. The summed E-state index contributed by atoms with van der Waals surface area (Å²) >= 11 is 0. The topological polar surface area (TPSA) is 123 Å². The Morgan fingerprint density at radius 3 is 2.62 bits per heavy atom. The number of pyridine rings is 1. The van der Waals surface area contributed by atoms with Crippen molar-refractivity contribution in [3.05, 3.63) is 27.9 Å². The number of nitrogens with two attached hydrogens (primary N) is 1. The summed E-state index contributed by atoms with van der Waals surface area (Å²) in [7, 11) is 0. The van der Waals surface area contributed by atoms with Gasteiger partial charge in [0, 0.05) is 12.1 Å². The van der Waals surface area contributed by atoms with Crippen molar-refractivity contribution in [3.8, 4) is 0 Å². The van der Waals surface area contributed by atoms with Gasteiger partial charge in [-0.2, -0.15) is 0 Å². The summed E-state index contributed by atoms with van der Waals surface area (Å²) in [5, 5.41) is 20.8. The highest BCUT2D eigenvalue weighted by molar-refractivity contribution is 5.99. The lowest BCUT2D eigenvalue weighted by atomic mass is 9.98. The Morgan fingerprint density at radius 1 is 1.43 bits per heavy atom. The molecule has 2 unspecified atom stereocenters. The highest BCUT2D eigenvalue weighted by atomic mass is 16.6. The highest BCUT2D eigenvalue weighted by Crippen LogP contribution is 2.37. The van der Waals surface area contributed by atoms with Crippen LogP contribution in [0.25, 0.3) is 0 Å². The molecule has 0 aromatic carbocycles. The van der Waals surface area contributed by atoms with E-state index in [0.717, 1.165) is 19.0 Å². The highest BCUT2D eigenvalue weighted by Gasteiger charge is 2.44. The summed E-state index contributed by atoms with van der Waals surface area (Å²) in [6.07, 6.45) is 3.31. The maximum atomic E-state index is 12.7. The number of aromatic nitrogens is 1. The van der Waals surface area contributed by atoms with E-state index < -0.39 is 16.9 Å². The Morgan fingerprint density at radius 2 is 2.05 bits per heavy atom. The van der Waals surface area contributed by atoms with Crippen LogP contribution in [-0.2, 0) is 0 Å². The number of rotatable bonds is 2. The van der Waals surface area contributed by atoms with Gasteiger partial charge in [0.15, 0.2) is 0 Å². The number of nitrogen functional groups attached to an aromatic ring is 1. The summed E-state index contributed by atoms with van der Waals surface area (Å²) in [6.45, 7) is 0. The van der Waals surface area contributed by atoms with Crippen LogP contribution in [0.2, 0.25) is 0 Å². The molecule has 0 radical (unpaired) electrons. The third-order valence-corrected chi connectivity index (χ3v) is 4.27. The number of aliphatic hydroxyl groups is 1. The number of amides is 1. The number of nitrogens with zero attached hydrogens (tertiary/aromatic N) is 3. The van der Waals surface area contributed by atoms with E-state index in [4.69, 9.17) is 5.73 Å². The van der Waals surface area contributed by atoms with Gasteiger partial charge in [0.25, 0.3) is 11.6 Å². The number of hydrogen-bond donors (Lipinski definition) is 2. The van der Waals surface area contributed by atoms with Gasteiger partial charge in [-0.1, -0.05) is 0 Å². The minimum absolute atomic E-state index is 0.0270. The van der Waals surface area contributed by atoms with E-state index in [1.54, 1.807) is 4.90 Å². The van der Waals surface area contributed by atoms with Gasteiger partial charge < -0.3 is 15.7 Å². The molecular formula is C13H16N4O4. The molecule has 3 rings (SSSR count). The van der Waals surface area contributed by atoms with E-state index >= 15 is 0 Å². The normalized spacial score (nSPS) is 27.7. The van der Waals surface area contributed by atoms with Crippen molar-refractivity contribution in [1.82, 2.24) is 9.88 Å². The van der Waals surface area contributed by atoms with Crippen LogP contribution in [0, 0.1) is 10.1 Å². The van der Waals surface area contributed by atoms with Crippen LogP contribution in [0.15, 0.2) is 12.3 Å². The first-order valence-electron chi connectivity index (χ1n) is 6.88. The van der Waals surface area contributed by atoms with E-state index in [1.165, 1.54) is 6.07 Å². The van der Waals surface area contributed by atoms with Gasteiger partial charge in [0.2, 0.25) is 0 Å². The van der Waals surface area contributed by atoms with Crippen molar-refractivity contribution in [2.24, 2.45) is 0 Å². The van der Waals surface area contributed by atoms with Crippen LogP contribution in [-0.4, -0.2) is 44.0 Å². The lowest BCUT2D eigenvalue weighted by Crippen LogP contribution is -2.48. The molecule has 1 aromatic rings. The standard InChI is InChI=1S/C13H16N4O4/c14-12-5-10(11(6-15-12)17(20)21)13(19)16-7-1-2-8(16)4-9(18)3-7/h5-9,18H,1-4H2,(H2,14,15). The van der Waals surface area contributed by atoms with E-state index in [2.05, 4.69) is 4.98 Å². The van der Waals surface area contributed by atoms with Crippen molar-refractivity contribution in [1.29, 1.82) is 0 Å². The van der Waals surface area contributed by atoms with Crippen molar-refractivity contribution in [2.75, 3.05) is 5.73 Å². The molecule has 0 aliphatic carbocycles. The molecular weight excluding hydrogens is 276 g/mol. The third kappa shape index (κ3) is 2.31. The Kier molecular flexibility index (Phi) is 3.25. The van der Waals surface area contributed by atoms with Gasteiger partial charge in [0.05, 0.1) is 11.0 Å². The SMILES string of the molecule is Nc1cc(C(=O)N2C3CCC2CC(O)C3)c([N+](=O)[O-])cn1. The second-order valence-corrected chi connectivity index (χ2v) is 5.61. The zero-order valence-electron chi connectivity index (χ0n) is 11.3. The van der Waals surface area contributed by atoms with E-state index in [0.29, 0.717) is 12.8 Å².